The predicted molar refractivity (Wildman–Crippen MR) is 57.8 cm³/mol. The monoisotopic (exact) mass is 235 g/mol. The van der Waals surface area contributed by atoms with Gasteiger partial charge in [-0.05, 0) is 32.1 Å². The van der Waals surface area contributed by atoms with Crippen molar-refractivity contribution in [1.29, 1.82) is 0 Å². The van der Waals surface area contributed by atoms with Crippen LogP contribution in [0.4, 0.5) is 4.79 Å². The molecule has 1 heterocycles. The molecule has 1 aliphatic rings. The minimum Gasteiger partial charge on any atom is -0.465 e. The van der Waals surface area contributed by atoms with Crippen LogP contribution in [0.2, 0.25) is 0 Å². The van der Waals surface area contributed by atoms with Crippen molar-refractivity contribution in [1.82, 2.24) is 4.90 Å². The summed E-state index contributed by atoms with van der Waals surface area (Å²) in [5.74, 6) is -0.810. The fourth-order valence-electron chi connectivity index (χ4n) is 1.90. The Kier molecular flexibility index (Phi) is 3.79. The van der Waals surface area contributed by atoms with E-state index < -0.39 is 19.1 Å². The molecule has 1 saturated heterocycles. The molecule has 1 aliphatic heterocycles. The van der Waals surface area contributed by atoms with E-state index in [4.69, 9.17) is 5.11 Å². The second-order valence-corrected chi connectivity index (χ2v) is 7.85. The van der Waals surface area contributed by atoms with Crippen LogP contribution in [-0.4, -0.2) is 53.5 Å². The summed E-state index contributed by atoms with van der Waals surface area (Å²) in [6.45, 7) is 4.00. The summed E-state index contributed by atoms with van der Waals surface area (Å²) in [6, 6.07) is 0. The first-order valence-corrected chi connectivity index (χ1v) is 7.70. The van der Waals surface area contributed by atoms with Crippen LogP contribution in [-0.2, 0) is 4.57 Å². The lowest BCUT2D eigenvalue weighted by Gasteiger charge is -2.33. The molecule has 0 aromatic rings. The Morgan fingerprint density at radius 1 is 1.40 bits per heavy atom. The third kappa shape index (κ3) is 3.21. The fourth-order valence-corrected chi connectivity index (χ4v) is 3.21. The summed E-state index contributed by atoms with van der Waals surface area (Å²) in [6.07, 6.45) is 0.275. The maximum atomic E-state index is 11.6. The molecule has 1 unspecified atom stereocenters. The van der Waals surface area contributed by atoms with Crippen LogP contribution in [0.15, 0.2) is 0 Å². The van der Waals surface area contributed by atoms with E-state index in [0.717, 1.165) is 0 Å². The summed E-state index contributed by atoms with van der Waals surface area (Å²) in [5.41, 5.74) is 0. The van der Waals surface area contributed by atoms with Gasteiger partial charge in [0.1, 0.15) is 13.0 Å². The molecule has 0 bridgehead atoms. The minimum absolute atomic E-state index is 0.0265. The van der Waals surface area contributed by atoms with Crippen molar-refractivity contribution < 1.29 is 19.6 Å². The zero-order valence-electron chi connectivity index (χ0n) is 9.09. The maximum absolute atomic E-state index is 11.6. The van der Waals surface area contributed by atoms with Crippen molar-refractivity contribution in [2.45, 2.75) is 18.7 Å². The molecule has 1 atom stereocenters. The largest absolute Gasteiger partial charge is 0.465 e. The first kappa shape index (κ1) is 12.5. The molecule has 6 heteroatoms. The van der Waals surface area contributed by atoms with Gasteiger partial charge in [0.2, 0.25) is 0 Å². The van der Waals surface area contributed by atoms with Gasteiger partial charge in [0.05, 0.1) is 0 Å². The highest BCUT2D eigenvalue weighted by molar-refractivity contribution is 7.62. The second-order valence-electron chi connectivity index (χ2n) is 4.45. The van der Waals surface area contributed by atoms with E-state index in [0.29, 0.717) is 25.9 Å². The van der Waals surface area contributed by atoms with Crippen LogP contribution in [0.1, 0.15) is 12.8 Å². The van der Waals surface area contributed by atoms with Crippen molar-refractivity contribution in [3.05, 3.63) is 0 Å². The van der Waals surface area contributed by atoms with E-state index in [1.807, 2.05) is 0 Å². The lowest BCUT2D eigenvalue weighted by Crippen LogP contribution is -2.40. The zero-order valence-corrected chi connectivity index (χ0v) is 9.98. The van der Waals surface area contributed by atoms with Crippen LogP contribution in [0.3, 0.4) is 0 Å². The number of carboxylic acid groups (broad SMARTS) is 1. The lowest BCUT2D eigenvalue weighted by atomic mass is 9.98. The van der Waals surface area contributed by atoms with Crippen LogP contribution < -0.4 is 0 Å². The molecule has 0 radical (unpaired) electrons. The summed E-state index contributed by atoms with van der Waals surface area (Å²) in [4.78, 5) is 12.0. The van der Waals surface area contributed by atoms with Gasteiger partial charge in [-0.3, -0.25) is 0 Å². The van der Waals surface area contributed by atoms with E-state index in [-0.39, 0.29) is 5.92 Å². The topological polar surface area (TPSA) is 77.8 Å². The van der Waals surface area contributed by atoms with Gasteiger partial charge in [0, 0.05) is 13.1 Å². The highest BCUT2D eigenvalue weighted by Gasteiger charge is 2.33. The van der Waals surface area contributed by atoms with Gasteiger partial charge in [-0.2, -0.15) is 0 Å². The van der Waals surface area contributed by atoms with E-state index in [2.05, 4.69) is 0 Å². The third-order valence-electron chi connectivity index (χ3n) is 2.87. The SMILES string of the molecule is CP(C)(=O)C(O)C1CCN(C(=O)O)CC1. The molecule has 0 aromatic heterocycles. The van der Waals surface area contributed by atoms with Crippen LogP contribution in [0.25, 0.3) is 0 Å². The number of piperidine rings is 1. The molecular formula is C9H18NO4P. The van der Waals surface area contributed by atoms with Crippen molar-refractivity contribution in [3.63, 3.8) is 0 Å². The molecule has 15 heavy (non-hydrogen) atoms. The number of aliphatic hydroxyl groups is 1. The quantitative estimate of drug-likeness (QED) is 0.707. The van der Waals surface area contributed by atoms with Crippen LogP contribution in [0.5, 0.6) is 0 Å². The van der Waals surface area contributed by atoms with Crippen LogP contribution >= 0.6 is 7.14 Å². The smallest absolute Gasteiger partial charge is 0.407 e. The summed E-state index contributed by atoms with van der Waals surface area (Å²) in [5, 5.41) is 18.5. The number of hydrogen-bond donors (Lipinski definition) is 2. The number of amides is 1. The molecule has 1 amide bonds. The molecule has 0 saturated carbocycles. The number of nitrogens with zero attached hydrogens (tertiary/aromatic N) is 1. The minimum atomic E-state index is -2.48. The molecule has 0 aromatic carbocycles. The Morgan fingerprint density at radius 2 is 1.87 bits per heavy atom. The standard InChI is InChI=1S/C9H18NO4P/c1-15(2,14)8(11)7-3-5-10(6-4-7)9(12)13/h7-8,11H,3-6H2,1-2H3,(H,12,13). The average molecular weight is 235 g/mol. The van der Waals surface area contributed by atoms with Gasteiger partial charge in [0.25, 0.3) is 0 Å². The Labute approximate surface area is 89.5 Å². The Morgan fingerprint density at radius 3 is 2.20 bits per heavy atom. The number of rotatable bonds is 2. The summed E-state index contributed by atoms with van der Waals surface area (Å²) in [7, 11) is -2.48. The van der Waals surface area contributed by atoms with Gasteiger partial charge in [-0.1, -0.05) is 0 Å². The van der Waals surface area contributed by atoms with Crippen molar-refractivity contribution in [3.8, 4) is 0 Å². The molecule has 0 spiro atoms. The highest BCUT2D eigenvalue weighted by atomic mass is 31.2. The summed E-state index contributed by atoms with van der Waals surface area (Å²) >= 11 is 0. The average Bonchev–Trinajstić information content (AvgIpc) is 2.15. The lowest BCUT2D eigenvalue weighted by molar-refractivity contribution is 0.0937. The van der Waals surface area contributed by atoms with Crippen LogP contribution in [0, 0.1) is 5.92 Å². The number of carbonyl (C=O) groups is 1. The van der Waals surface area contributed by atoms with Crippen molar-refractivity contribution in [2.24, 2.45) is 5.92 Å². The number of hydrogen-bond acceptors (Lipinski definition) is 3. The third-order valence-corrected chi connectivity index (χ3v) is 4.56. The molecule has 88 valence electrons. The Hall–Kier alpha value is -0.540. The first-order chi connectivity index (χ1) is 6.82. The van der Waals surface area contributed by atoms with Crippen molar-refractivity contribution in [2.75, 3.05) is 26.4 Å². The highest BCUT2D eigenvalue weighted by Crippen LogP contribution is 2.46. The molecule has 1 fully saturated rings. The van der Waals surface area contributed by atoms with Gasteiger partial charge in [-0.15, -0.1) is 0 Å². The van der Waals surface area contributed by atoms with Gasteiger partial charge < -0.3 is 19.7 Å². The fraction of sp³-hybridized carbons (Fsp3) is 0.889. The maximum Gasteiger partial charge on any atom is 0.407 e. The first-order valence-electron chi connectivity index (χ1n) is 5.03. The van der Waals surface area contributed by atoms with Gasteiger partial charge >= 0.3 is 6.09 Å². The number of likely N-dealkylation sites (tertiary alicyclic amines) is 1. The predicted octanol–water partition coefficient (Wildman–Crippen LogP) is 1.32. The van der Waals surface area contributed by atoms with E-state index >= 15 is 0 Å². The Bertz CT molecular complexity index is 280. The van der Waals surface area contributed by atoms with E-state index in [1.165, 1.54) is 4.90 Å². The van der Waals surface area contributed by atoms with Crippen molar-refractivity contribution >= 4 is 13.2 Å². The molecule has 2 N–H and O–H groups in total. The van der Waals surface area contributed by atoms with Gasteiger partial charge in [0.15, 0.2) is 0 Å². The Balaban J connectivity index is 2.51. The van der Waals surface area contributed by atoms with Gasteiger partial charge in [-0.25, -0.2) is 4.79 Å². The molecule has 0 aliphatic carbocycles. The second kappa shape index (κ2) is 4.54. The van der Waals surface area contributed by atoms with E-state index in [1.54, 1.807) is 13.3 Å². The van der Waals surface area contributed by atoms with E-state index in [9.17, 15) is 14.5 Å². The molecule has 1 rings (SSSR count). The summed E-state index contributed by atoms with van der Waals surface area (Å²) < 4.78 is 11.6. The molecular weight excluding hydrogens is 217 g/mol. The molecule has 5 nitrogen and oxygen atoms in total. The normalized spacial score (nSPS) is 21.4. The zero-order chi connectivity index (χ0) is 11.6. The number of aliphatic hydroxyl groups excluding tert-OH is 1.